The first-order chi connectivity index (χ1) is 11.4. The fraction of sp³-hybridized carbons (Fsp3) is 0.188. The largest absolute Gasteiger partial charge is 0.320 e. The number of aryl methyl sites for hydroxylation is 2. The van der Waals surface area contributed by atoms with Gasteiger partial charge in [-0.1, -0.05) is 11.6 Å². The molecule has 1 aromatic carbocycles. The number of hydrogen-bond acceptors (Lipinski definition) is 4. The Labute approximate surface area is 145 Å². The molecule has 0 saturated heterocycles. The van der Waals surface area contributed by atoms with Gasteiger partial charge in [-0.05, 0) is 37.6 Å². The van der Waals surface area contributed by atoms with Gasteiger partial charge in [0, 0.05) is 6.54 Å². The van der Waals surface area contributed by atoms with E-state index in [0.717, 1.165) is 17.4 Å². The number of nitrogens with zero attached hydrogens (tertiary/aromatic N) is 2. The molecule has 124 valence electrons. The first-order valence-corrected chi connectivity index (χ1v) is 8.36. The molecule has 0 aliphatic heterocycles. The quantitative estimate of drug-likeness (QED) is 0.767. The van der Waals surface area contributed by atoms with Crippen LogP contribution in [0.4, 0.5) is 10.1 Å². The van der Waals surface area contributed by atoms with Crippen LogP contribution in [0.2, 0.25) is 5.02 Å². The normalized spacial score (nSPS) is 11.0. The van der Waals surface area contributed by atoms with Crippen molar-refractivity contribution in [2.75, 3.05) is 5.32 Å². The minimum absolute atomic E-state index is 0.105. The van der Waals surface area contributed by atoms with Crippen LogP contribution in [0.15, 0.2) is 29.3 Å². The van der Waals surface area contributed by atoms with Crippen LogP contribution in [0.1, 0.15) is 22.2 Å². The van der Waals surface area contributed by atoms with Crippen molar-refractivity contribution in [2.24, 2.45) is 0 Å². The van der Waals surface area contributed by atoms with E-state index in [1.165, 1.54) is 23.0 Å². The first kappa shape index (κ1) is 16.6. The van der Waals surface area contributed by atoms with Gasteiger partial charge < -0.3 is 5.32 Å². The highest BCUT2D eigenvalue weighted by molar-refractivity contribution is 7.20. The molecule has 0 aliphatic carbocycles. The van der Waals surface area contributed by atoms with Crippen molar-refractivity contribution in [3.05, 3.63) is 56.2 Å². The van der Waals surface area contributed by atoms with Gasteiger partial charge >= 0.3 is 0 Å². The number of nitrogens with one attached hydrogen (secondary N) is 1. The van der Waals surface area contributed by atoms with E-state index in [1.54, 1.807) is 6.92 Å². The van der Waals surface area contributed by atoms with Crippen molar-refractivity contribution >= 4 is 44.7 Å². The van der Waals surface area contributed by atoms with Gasteiger partial charge in [0.25, 0.3) is 11.5 Å². The molecule has 0 fully saturated rings. The summed E-state index contributed by atoms with van der Waals surface area (Å²) in [7, 11) is 0. The lowest BCUT2D eigenvalue weighted by atomic mass is 10.2. The van der Waals surface area contributed by atoms with Crippen molar-refractivity contribution in [1.29, 1.82) is 0 Å². The zero-order valence-electron chi connectivity index (χ0n) is 12.9. The summed E-state index contributed by atoms with van der Waals surface area (Å²) in [6.45, 7) is 4.06. The molecule has 2 aromatic heterocycles. The molecule has 0 atom stereocenters. The number of anilines is 1. The van der Waals surface area contributed by atoms with Crippen LogP contribution in [0.25, 0.3) is 10.2 Å². The molecule has 0 saturated carbocycles. The van der Waals surface area contributed by atoms with Crippen LogP contribution in [-0.4, -0.2) is 15.5 Å². The van der Waals surface area contributed by atoms with Gasteiger partial charge in [-0.2, -0.15) is 0 Å². The topological polar surface area (TPSA) is 64.0 Å². The lowest BCUT2D eigenvalue weighted by Gasteiger charge is -2.06. The zero-order chi connectivity index (χ0) is 17.4. The maximum atomic E-state index is 13.1. The minimum atomic E-state index is -0.486. The van der Waals surface area contributed by atoms with Gasteiger partial charge in [0.1, 0.15) is 10.6 Å². The van der Waals surface area contributed by atoms with Crippen molar-refractivity contribution in [3.8, 4) is 0 Å². The Kier molecular flexibility index (Phi) is 4.38. The summed E-state index contributed by atoms with van der Waals surface area (Å²) in [6, 6.07) is 3.72. The van der Waals surface area contributed by atoms with Crippen LogP contribution < -0.4 is 10.9 Å². The molecule has 0 unspecified atom stereocenters. The summed E-state index contributed by atoms with van der Waals surface area (Å²) in [5.41, 5.74) is 0.708. The van der Waals surface area contributed by atoms with E-state index in [1.807, 2.05) is 6.92 Å². The van der Waals surface area contributed by atoms with E-state index < -0.39 is 11.7 Å². The summed E-state index contributed by atoms with van der Waals surface area (Å²) in [5.74, 6) is -0.896. The third-order valence-corrected chi connectivity index (χ3v) is 5.15. The summed E-state index contributed by atoms with van der Waals surface area (Å²) in [5, 5.41) is 3.19. The van der Waals surface area contributed by atoms with E-state index in [0.29, 0.717) is 32.9 Å². The maximum absolute atomic E-state index is 13.1. The molecule has 3 aromatic rings. The second kappa shape index (κ2) is 6.33. The van der Waals surface area contributed by atoms with Crippen LogP contribution in [0, 0.1) is 12.7 Å². The van der Waals surface area contributed by atoms with Gasteiger partial charge in [-0.3, -0.25) is 14.2 Å². The van der Waals surface area contributed by atoms with Crippen molar-refractivity contribution in [2.45, 2.75) is 20.4 Å². The Bertz CT molecular complexity index is 1010. The van der Waals surface area contributed by atoms with Gasteiger partial charge in [0.15, 0.2) is 0 Å². The maximum Gasteiger partial charge on any atom is 0.266 e. The van der Waals surface area contributed by atoms with Crippen molar-refractivity contribution in [3.63, 3.8) is 0 Å². The van der Waals surface area contributed by atoms with E-state index in [2.05, 4.69) is 10.3 Å². The van der Waals surface area contributed by atoms with Gasteiger partial charge in [0.05, 0.1) is 27.3 Å². The number of carbonyl (C=O) groups excluding carboxylic acids is 1. The average Bonchev–Trinajstić information content (AvgIpc) is 2.88. The van der Waals surface area contributed by atoms with Gasteiger partial charge in [-0.15, -0.1) is 11.3 Å². The molecule has 24 heavy (non-hydrogen) atoms. The van der Waals surface area contributed by atoms with Crippen molar-refractivity contribution < 1.29 is 9.18 Å². The second-order valence-electron chi connectivity index (χ2n) is 5.15. The number of hydrogen-bond donors (Lipinski definition) is 1. The Morgan fingerprint density at radius 3 is 2.88 bits per heavy atom. The molecule has 0 aliphatic rings. The molecule has 3 rings (SSSR count). The van der Waals surface area contributed by atoms with Crippen LogP contribution in [-0.2, 0) is 6.54 Å². The third kappa shape index (κ3) is 2.81. The Hall–Kier alpha value is -2.25. The number of fused-ring (bicyclic) bond motifs is 1. The Balaban J connectivity index is 2.03. The number of carbonyl (C=O) groups is 1. The van der Waals surface area contributed by atoms with E-state index >= 15 is 0 Å². The lowest BCUT2D eigenvalue weighted by Crippen LogP contribution is -2.19. The van der Waals surface area contributed by atoms with E-state index in [9.17, 15) is 14.0 Å². The summed E-state index contributed by atoms with van der Waals surface area (Å²) in [6.07, 6.45) is 1.47. The summed E-state index contributed by atoms with van der Waals surface area (Å²) >= 11 is 7.07. The molecule has 0 spiro atoms. The predicted molar refractivity (Wildman–Crippen MR) is 93.7 cm³/mol. The van der Waals surface area contributed by atoms with Crippen LogP contribution in [0.5, 0.6) is 0 Å². The molecule has 0 radical (unpaired) electrons. The SMILES string of the molecule is CCn1cnc2sc(C(=O)Nc3ccc(F)cc3Cl)c(C)c2c1=O. The number of halogens is 2. The number of amides is 1. The fourth-order valence-corrected chi connectivity index (χ4v) is 3.62. The van der Waals surface area contributed by atoms with Crippen molar-refractivity contribution in [1.82, 2.24) is 9.55 Å². The molecule has 1 amide bonds. The summed E-state index contributed by atoms with van der Waals surface area (Å²) in [4.78, 5) is 30.0. The Morgan fingerprint density at radius 1 is 1.46 bits per heavy atom. The molecular weight excluding hydrogens is 353 g/mol. The predicted octanol–water partition coefficient (Wildman–Crippen LogP) is 3.83. The highest BCUT2D eigenvalue weighted by Gasteiger charge is 2.20. The molecule has 0 bridgehead atoms. The molecule has 8 heteroatoms. The van der Waals surface area contributed by atoms with E-state index in [4.69, 9.17) is 11.6 Å². The molecule has 1 N–H and O–H groups in total. The zero-order valence-corrected chi connectivity index (χ0v) is 14.5. The highest BCUT2D eigenvalue weighted by atomic mass is 35.5. The van der Waals surface area contributed by atoms with Gasteiger partial charge in [-0.25, -0.2) is 9.37 Å². The first-order valence-electron chi connectivity index (χ1n) is 7.17. The minimum Gasteiger partial charge on any atom is -0.320 e. The highest BCUT2D eigenvalue weighted by Crippen LogP contribution is 2.29. The average molecular weight is 366 g/mol. The fourth-order valence-electron chi connectivity index (χ4n) is 2.37. The monoisotopic (exact) mass is 365 g/mol. The number of aromatic nitrogens is 2. The van der Waals surface area contributed by atoms with Crippen LogP contribution >= 0.6 is 22.9 Å². The standard InChI is InChI=1S/C16H13ClFN3O2S/c1-3-21-7-19-15-12(16(21)23)8(2)13(24-15)14(22)20-11-5-4-9(18)6-10(11)17/h4-7H,3H2,1-2H3,(H,20,22). The number of rotatable bonds is 3. The summed E-state index contributed by atoms with van der Waals surface area (Å²) < 4.78 is 14.6. The number of thiophene rings is 1. The van der Waals surface area contributed by atoms with Gasteiger partial charge in [0.2, 0.25) is 0 Å². The molecule has 2 heterocycles. The second-order valence-corrected chi connectivity index (χ2v) is 6.56. The number of benzene rings is 1. The Morgan fingerprint density at radius 2 is 2.21 bits per heavy atom. The lowest BCUT2D eigenvalue weighted by molar-refractivity contribution is 0.103. The molecular formula is C16H13ClFN3O2S. The molecule has 5 nitrogen and oxygen atoms in total. The van der Waals surface area contributed by atoms with E-state index in [-0.39, 0.29) is 10.6 Å². The van der Waals surface area contributed by atoms with Crippen LogP contribution in [0.3, 0.4) is 0 Å². The third-order valence-electron chi connectivity index (χ3n) is 3.64. The smallest absolute Gasteiger partial charge is 0.266 e.